The summed E-state index contributed by atoms with van der Waals surface area (Å²) in [6.45, 7) is 2.50. The number of hydrogen-bond acceptors (Lipinski definition) is 5. The Morgan fingerprint density at radius 2 is 2.04 bits per heavy atom. The lowest BCUT2D eigenvalue weighted by atomic mass is 10.2. The highest BCUT2D eigenvalue weighted by atomic mass is 35.5. The maximum atomic E-state index is 12.4. The number of aryl methyl sites for hydroxylation is 1. The third-order valence-corrected chi connectivity index (χ3v) is 4.21. The standard InChI is InChI=1S/C18H14Cl2N4O4/c1-2-23-6-5-16(22-23)18(25)21-12-8-13(24(26)27)10-14(9-12)28-17-4-3-11(19)7-15(17)20/h3-10H,2H2,1H3,(H,21,25). The van der Waals surface area contributed by atoms with Crippen molar-refractivity contribution in [2.45, 2.75) is 13.5 Å². The molecule has 144 valence electrons. The Labute approximate surface area is 169 Å². The van der Waals surface area contributed by atoms with Crippen LogP contribution in [0.15, 0.2) is 48.7 Å². The number of nitrogens with one attached hydrogen (secondary N) is 1. The van der Waals surface area contributed by atoms with Gasteiger partial charge in [0.25, 0.3) is 11.6 Å². The fourth-order valence-corrected chi connectivity index (χ4v) is 2.81. The first kappa shape index (κ1) is 19.7. The van der Waals surface area contributed by atoms with E-state index in [-0.39, 0.29) is 33.6 Å². The maximum Gasteiger partial charge on any atom is 0.276 e. The fourth-order valence-electron chi connectivity index (χ4n) is 2.36. The second kappa shape index (κ2) is 8.28. The molecule has 3 rings (SSSR count). The number of nitro groups is 1. The van der Waals surface area contributed by atoms with Crippen molar-refractivity contribution in [3.63, 3.8) is 0 Å². The van der Waals surface area contributed by atoms with Crippen LogP contribution in [0.3, 0.4) is 0 Å². The van der Waals surface area contributed by atoms with Crippen molar-refractivity contribution < 1.29 is 14.5 Å². The van der Waals surface area contributed by atoms with Crippen LogP contribution in [0.4, 0.5) is 11.4 Å². The van der Waals surface area contributed by atoms with Gasteiger partial charge >= 0.3 is 0 Å². The summed E-state index contributed by atoms with van der Waals surface area (Å²) in [5.41, 5.74) is 0.124. The average molecular weight is 421 g/mol. The molecule has 1 amide bonds. The van der Waals surface area contributed by atoms with E-state index in [1.807, 2.05) is 6.92 Å². The van der Waals surface area contributed by atoms with Gasteiger partial charge in [-0.1, -0.05) is 23.2 Å². The smallest absolute Gasteiger partial charge is 0.276 e. The molecule has 0 aliphatic carbocycles. The number of halogens is 2. The van der Waals surface area contributed by atoms with Crippen molar-refractivity contribution in [3.05, 3.63) is 74.5 Å². The number of carbonyl (C=O) groups excluding carboxylic acids is 1. The van der Waals surface area contributed by atoms with Gasteiger partial charge in [-0.15, -0.1) is 0 Å². The van der Waals surface area contributed by atoms with Crippen molar-refractivity contribution in [2.75, 3.05) is 5.32 Å². The molecule has 0 aliphatic heterocycles. The van der Waals surface area contributed by atoms with Gasteiger partial charge in [0.2, 0.25) is 0 Å². The summed E-state index contributed by atoms with van der Waals surface area (Å²) in [4.78, 5) is 23.0. The van der Waals surface area contributed by atoms with Crippen LogP contribution in [0.2, 0.25) is 10.0 Å². The van der Waals surface area contributed by atoms with Crippen LogP contribution in [-0.4, -0.2) is 20.6 Å². The van der Waals surface area contributed by atoms with Gasteiger partial charge in [0, 0.05) is 29.9 Å². The fraction of sp³-hybridized carbons (Fsp3) is 0.111. The van der Waals surface area contributed by atoms with Gasteiger partial charge in [0.05, 0.1) is 21.7 Å². The van der Waals surface area contributed by atoms with Gasteiger partial charge in [0.1, 0.15) is 11.5 Å². The van der Waals surface area contributed by atoms with Crippen LogP contribution in [-0.2, 0) is 6.54 Å². The highest BCUT2D eigenvalue weighted by Crippen LogP contribution is 2.34. The number of benzene rings is 2. The number of nitro benzene ring substituents is 1. The predicted molar refractivity (Wildman–Crippen MR) is 105 cm³/mol. The molecule has 2 aromatic carbocycles. The second-order valence-corrected chi connectivity index (χ2v) is 6.50. The minimum absolute atomic E-state index is 0.132. The number of carbonyl (C=O) groups is 1. The van der Waals surface area contributed by atoms with E-state index in [1.165, 1.54) is 24.3 Å². The molecule has 1 N–H and O–H groups in total. The number of nitrogens with zero attached hydrogens (tertiary/aromatic N) is 3. The summed E-state index contributed by atoms with van der Waals surface area (Å²) in [5, 5.41) is 18.6. The molecule has 0 unspecified atom stereocenters. The Morgan fingerprint density at radius 1 is 1.25 bits per heavy atom. The molecule has 3 aromatic rings. The molecule has 8 nitrogen and oxygen atoms in total. The maximum absolute atomic E-state index is 12.4. The average Bonchev–Trinajstić information content (AvgIpc) is 3.13. The van der Waals surface area contributed by atoms with E-state index in [1.54, 1.807) is 29.1 Å². The van der Waals surface area contributed by atoms with Gasteiger partial charge in [0.15, 0.2) is 5.69 Å². The Bertz CT molecular complexity index is 1050. The van der Waals surface area contributed by atoms with E-state index in [2.05, 4.69) is 10.4 Å². The third kappa shape index (κ3) is 4.59. The van der Waals surface area contributed by atoms with Crippen molar-refractivity contribution in [1.29, 1.82) is 0 Å². The van der Waals surface area contributed by atoms with Gasteiger partial charge in [-0.05, 0) is 31.2 Å². The van der Waals surface area contributed by atoms with Crippen LogP contribution in [0.5, 0.6) is 11.5 Å². The van der Waals surface area contributed by atoms with Gasteiger partial charge < -0.3 is 10.1 Å². The molecule has 0 fully saturated rings. The summed E-state index contributed by atoms with van der Waals surface area (Å²) in [6.07, 6.45) is 1.67. The summed E-state index contributed by atoms with van der Waals surface area (Å²) in [7, 11) is 0. The number of aromatic nitrogens is 2. The number of hydrogen-bond donors (Lipinski definition) is 1. The van der Waals surface area contributed by atoms with E-state index in [9.17, 15) is 14.9 Å². The van der Waals surface area contributed by atoms with E-state index in [0.717, 1.165) is 0 Å². The Morgan fingerprint density at radius 3 is 2.68 bits per heavy atom. The molecule has 0 saturated heterocycles. The molecule has 0 bridgehead atoms. The van der Waals surface area contributed by atoms with Crippen LogP contribution >= 0.6 is 23.2 Å². The molecule has 0 atom stereocenters. The van der Waals surface area contributed by atoms with Gasteiger partial charge in [-0.2, -0.15) is 5.10 Å². The molecule has 0 saturated carbocycles. The van der Waals surface area contributed by atoms with Crippen LogP contribution in [0, 0.1) is 10.1 Å². The largest absolute Gasteiger partial charge is 0.455 e. The Hall–Kier alpha value is -3.10. The first-order chi connectivity index (χ1) is 13.4. The van der Waals surface area contributed by atoms with Crippen molar-refractivity contribution in [2.24, 2.45) is 0 Å². The molecular weight excluding hydrogens is 407 g/mol. The van der Waals surface area contributed by atoms with E-state index >= 15 is 0 Å². The SMILES string of the molecule is CCn1ccc(C(=O)Nc2cc(Oc3ccc(Cl)cc3Cl)cc([N+](=O)[O-])c2)n1. The normalized spacial score (nSPS) is 10.5. The molecule has 1 heterocycles. The summed E-state index contributed by atoms with van der Waals surface area (Å²) >= 11 is 11.9. The predicted octanol–water partition coefficient (Wildman–Crippen LogP) is 5.16. The number of ether oxygens (including phenoxy) is 1. The van der Waals surface area contributed by atoms with Crippen LogP contribution in [0.1, 0.15) is 17.4 Å². The number of anilines is 1. The third-order valence-electron chi connectivity index (χ3n) is 3.68. The lowest BCUT2D eigenvalue weighted by Crippen LogP contribution is -2.13. The van der Waals surface area contributed by atoms with E-state index in [4.69, 9.17) is 27.9 Å². The zero-order valence-electron chi connectivity index (χ0n) is 14.6. The Kier molecular flexibility index (Phi) is 5.81. The van der Waals surface area contributed by atoms with E-state index < -0.39 is 10.8 Å². The van der Waals surface area contributed by atoms with Crippen molar-refractivity contribution >= 4 is 40.5 Å². The summed E-state index contributed by atoms with van der Waals surface area (Å²) in [5.74, 6) is -0.0958. The molecular formula is C18H14Cl2N4O4. The molecule has 10 heteroatoms. The first-order valence-electron chi connectivity index (χ1n) is 8.13. The number of amides is 1. The molecule has 0 spiro atoms. The quantitative estimate of drug-likeness (QED) is 0.438. The second-order valence-electron chi connectivity index (χ2n) is 5.66. The van der Waals surface area contributed by atoms with Gasteiger partial charge in [-0.25, -0.2) is 0 Å². The minimum atomic E-state index is -0.586. The summed E-state index contributed by atoms with van der Waals surface area (Å²) < 4.78 is 7.24. The highest BCUT2D eigenvalue weighted by Gasteiger charge is 2.16. The first-order valence-corrected chi connectivity index (χ1v) is 8.88. The highest BCUT2D eigenvalue weighted by molar-refractivity contribution is 6.35. The van der Waals surface area contributed by atoms with Crippen molar-refractivity contribution in [1.82, 2.24) is 9.78 Å². The lowest BCUT2D eigenvalue weighted by molar-refractivity contribution is -0.384. The zero-order chi connectivity index (χ0) is 20.3. The van der Waals surface area contributed by atoms with Crippen molar-refractivity contribution in [3.8, 4) is 11.5 Å². The molecule has 28 heavy (non-hydrogen) atoms. The molecule has 1 aromatic heterocycles. The molecule has 0 radical (unpaired) electrons. The monoisotopic (exact) mass is 420 g/mol. The molecule has 0 aliphatic rings. The van der Waals surface area contributed by atoms with Crippen LogP contribution < -0.4 is 10.1 Å². The van der Waals surface area contributed by atoms with Crippen LogP contribution in [0.25, 0.3) is 0 Å². The topological polar surface area (TPSA) is 99.3 Å². The number of rotatable bonds is 6. The Balaban J connectivity index is 1.88. The van der Waals surface area contributed by atoms with E-state index in [0.29, 0.717) is 11.6 Å². The minimum Gasteiger partial charge on any atom is -0.455 e. The summed E-state index contributed by atoms with van der Waals surface area (Å²) in [6, 6.07) is 10.1. The lowest BCUT2D eigenvalue weighted by Gasteiger charge is -2.10. The number of non-ortho nitro benzene ring substituents is 1. The van der Waals surface area contributed by atoms with Gasteiger partial charge in [-0.3, -0.25) is 19.6 Å². The zero-order valence-corrected chi connectivity index (χ0v) is 16.1.